The monoisotopic (exact) mass is 512 g/mol. The van der Waals surface area contributed by atoms with Crippen LogP contribution in [0.25, 0.3) is 0 Å². The zero-order valence-electron chi connectivity index (χ0n) is 23.4. The second kappa shape index (κ2) is 20.2. The minimum absolute atomic E-state index is 0.225. The average Bonchev–Trinajstić information content (AvgIpc) is 2.84. The predicted molar refractivity (Wildman–Crippen MR) is 145 cm³/mol. The van der Waals surface area contributed by atoms with Crippen LogP contribution in [0.1, 0.15) is 130 Å². The van der Waals surface area contributed by atoms with Gasteiger partial charge in [-0.05, 0) is 52.9 Å². The van der Waals surface area contributed by atoms with E-state index in [2.05, 4.69) is 19.1 Å². The molecule has 3 atom stereocenters. The Balaban J connectivity index is 4.19. The Bertz CT molecular complexity index is 597. The Morgan fingerprint density at radius 1 is 0.556 bits per heavy atom. The highest BCUT2D eigenvalue weighted by atomic mass is 16.4. The molecule has 0 spiro atoms. The van der Waals surface area contributed by atoms with E-state index in [0.29, 0.717) is 6.42 Å². The van der Waals surface area contributed by atoms with Gasteiger partial charge in [-0.15, -0.1) is 0 Å². The highest BCUT2D eigenvalue weighted by Crippen LogP contribution is 2.27. The molecule has 7 heteroatoms. The standard InChI is InChI=1S/C29H53NO6/c1-5-6-7-8-9-10-11-12-13-14-15-16-17-18-19-20-21-22-23-30(24(2)27(31)32,25(3)28(33)34)26(4)29(35)36/h8-9,24-26H,5-7,10-23H2,1-4H3,(H2-,31,32,33,34,35,36)/p+1/b9-8+. The van der Waals surface area contributed by atoms with Crippen molar-refractivity contribution in [1.29, 1.82) is 0 Å². The van der Waals surface area contributed by atoms with Crippen molar-refractivity contribution in [2.24, 2.45) is 0 Å². The van der Waals surface area contributed by atoms with E-state index in [1.807, 2.05) is 0 Å². The Morgan fingerprint density at radius 2 is 0.861 bits per heavy atom. The van der Waals surface area contributed by atoms with Crippen LogP contribution in [0.5, 0.6) is 0 Å². The third-order valence-corrected chi connectivity index (χ3v) is 7.79. The molecule has 36 heavy (non-hydrogen) atoms. The number of carboxylic acids is 3. The number of hydrogen-bond acceptors (Lipinski definition) is 3. The van der Waals surface area contributed by atoms with Crippen molar-refractivity contribution in [1.82, 2.24) is 0 Å². The van der Waals surface area contributed by atoms with Crippen LogP contribution >= 0.6 is 0 Å². The molecule has 0 aromatic heterocycles. The van der Waals surface area contributed by atoms with Gasteiger partial charge in [-0.2, -0.15) is 0 Å². The maximum absolute atomic E-state index is 11.8. The zero-order valence-corrected chi connectivity index (χ0v) is 23.4. The molecule has 0 heterocycles. The van der Waals surface area contributed by atoms with Gasteiger partial charge in [-0.25, -0.2) is 14.4 Å². The molecule has 0 fully saturated rings. The number of rotatable bonds is 24. The molecule has 0 bridgehead atoms. The quantitative estimate of drug-likeness (QED) is 0.0726. The average molecular weight is 513 g/mol. The number of quaternary nitrogens is 1. The van der Waals surface area contributed by atoms with E-state index in [1.165, 1.54) is 97.8 Å². The molecular formula is C29H54NO6+. The van der Waals surface area contributed by atoms with Gasteiger partial charge in [0.05, 0.1) is 6.54 Å². The Hall–Kier alpha value is -1.89. The summed E-state index contributed by atoms with van der Waals surface area (Å²) in [5.74, 6) is -3.51. The number of allylic oxidation sites excluding steroid dienone is 2. The molecule has 0 amide bonds. The lowest BCUT2D eigenvalue weighted by Gasteiger charge is -2.47. The summed E-state index contributed by atoms with van der Waals surface area (Å²) in [5.41, 5.74) is 0. The topological polar surface area (TPSA) is 112 Å². The summed E-state index contributed by atoms with van der Waals surface area (Å²) in [6.45, 7) is 6.72. The smallest absolute Gasteiger partial charge is 0.362 e. The van der Waals surface area contributed by atoms with Crippen LogP contribution in [0.2, 0.25) is 0 Å². The molecule has 0 aliphatic carbocycles. The molecule has 3 unspecified atom stereocenters. The largest absolute Gasteiger partial charge is 0.477 e. The van der Waals surface area contributed by atoms with Crippen molar-refractivity contribution < 1.29 is 34.2 Å². The third kappa shape index (κ3) is 12.9. The van der Waals surface area contributed by atoms with Crippen molar-refractivity contribution in [3.8, 4) is 0 Å². The highest BCUT2D eigenvalue weighted by molar-refractivity contribution is 5.77. The van der Waals surface area contributed by atoms with Gasteiger partial charge >= 0.3 is 17.9 Å². The number of unbranched alkanes of at least 4 members (excludes halogenated alkanes) is 14. The minimum atomic E-state index is -1.17. The highest BCUT2D eigenvalue weighted by Gasteiger charge is 2.52. The first-order valence-corrected chi connectivity index (χ1v) is 14.3. The second-order valence-corrected chi connectivity index (χ2v) is 10.4. The molecule has 3 N–H and O–H groups in total. The SMILES string of the molecule is CCCC/C=C/CCCCCCCCCCCCCC[N+](C(C)C(=O)O)(C(C)C(=O)O)C(C)C(=O)O. The van der Waals surface area contributed by atoms with Crippen LogP contribution in [0, 0.1) is 0 Å². The van der Waals surface area contributed by atoms with Gasteiger partial charge in [0.1, 0.15) is 0 Å². The summed E-state index contributed by atoms with van der Waals surface area (Å²) in [5, 5.41) is 28.9. The number of carboxylic acid groups (broad SMARTS) is 3. The molecular weight excluding hydrogens is 458 g/mol. The molecule has 0 rings (SSSR count). The lowest BCUT2D eigenvalue weighted by atomic mass is 10.00. The van der Waals surface area contributed by atoms with Crippen molar-refractivity contribution in [3.63, 3.8) is 0 Å². The van der Waals surface area contributed by atoms with E-state index in [4.69, 9.17) is 0 Å². The predicted octanol–water partition coefficient (Wildman–Crippen LogP) is 7.04. The first-order valence-electron chi connectivity index (χ1n) is 14.3. The number of hydrogen-bond donors (Lipinski definition) is 3. The summed E-state index contributed by atoms with van der Waals surface area (Å²) >= 11 is 0. The van der Waals surface area contributed by atoms with E-state index in [0.717, 1.165) is 19.3 Å². The maximum Gasteiger partial charge on any atom is 0.362 e. The van der Waals surface area contributed by atoms with Gasteiger partial charge in [0.25, 0.3) is 0 Å². The van der Waals surface area contributed by atoms with Crippen LogP contribution < -0.4 is 0 Å². The van der Waals surface area contributed by atoms with E-state index in [1.54, 1.807) is 0 Å². The van der Waals surface area contributed by atoms with Crippen molar-refractivity contribution >= 4 is 17.9 Å². The summed E-state index contributed by atoms with van der Waals surface area (Å²) in [6.07, 6.45) is 23.4. The maximum atomic E-state index is 11.8. The van der Waals surface area contributed by atoms with Crippen LogP contribution in [0.4, 0.5) is 0 Å². The Labute approximate surface area is 219 Å². The fourth-order valence-electron chi connectivity index (χ4n) is 5.18. The molecule has 0 saturated carbocycles. The van der Waals surface area contributed by atoms with Crippen molar-refractivity contribution in [3.05, 3.63) is 12.2 Å². The summed E-state index contributed by atoms with van der Waals surface area (Å²) in [4.78, 5) is 35.4. The first-order chi connectivity index (χ1) is 17.1. The Kier molecular flexibility index (Phi) is 19.1. The summed E-state index contributed by atoms with van der Waals surface area (Å²) in [7, 11) is 0. The molecule has 7 nitrogen and oxygen atoms in total. The van der Waals surface area contributed by atoms with Crippen LogP contribution in [0.3, 0.4) is 0 Å². The van der Waals surface area contributed by atoms with Crippen molar-refractivity contribution in [2.75, 3.05) is 6.54 Å². The van der Waals surface area contributed by atoms with Crippen LogP contribution in [0.15, 0.2) is 12.2 Å². The summed E-state index contributed by atoms with van der Waals surface area (Å²) in [6, 6.07) is -3.36. The van der Waals surface area contributed by atoms with E-state index < -0.39 is 40.5 Å². The number of aliphatic carboxylic acids is 3. The minimum Gasteiger partial charge on any atom is -0.477 e. The normalized spacial score (nSPS) is 15.9. The van der Waals surface area contributed by atoms with Gasteiger partial charge in [-0.1, -0.05) is 89.7 Å². The molecule has 210 valence electrons. The van der Waals surface area contributed by atoms with Gasteiger partial charge in [0.15, 0.2) is 18.1 Å². The van der Waals surface area contributed by atoms with Gasteiger partial charge in [-0.3, -0.25) is 4.48 Å². The third-order valence-electron chi connectivity index (χ3n) is 7.79. The molecule has 0 radical (unpaired) electrons. The molecule has 0 aromatic rings. The molecule has 0 aliphatic heterocycles. The zero-order chi connectivity index (χ0) is 27.4. The molecule has 0 aromatic carbocycles. The van der Waals surface area contributed by atoms with Gasteiger partial charge < -0.3 is 15.3 Å². The van der Waals surface area contributed by atoms with Crippen LogP contribution in [-0.2, 0) is 14.4 Å². The molecule has 0 aliphatic rings. The van der Waals surface area contributed by atoms with Crippen LogP contribution in [-0.4, -0.2) is 62.4 Å². The summed E-state index contributed by atoms with van der Waals surface area (Å²) < 4.78 is -0.477. The van der Waals surface area contributed by atoms with Gasteiger partial charge in [0.2, 0.25) is 0 Å². The van der Waals surface area contributed by atoms with E-state index in [-0.39, 0.29) is 6.54 Å². The lowest BCUT2D eigenvalue weighted by molar-refractivity contribution is -0.968. The first kappa shape index (κ1) is 34.1. The van der Waals surface area contributed by atoms with E-state index >= 15 is 0 Å². The fourth-order valence-corrected chi connectivity index (χ4v) is 5.18. The molecule has 0 saturated heterocycles. The Morgan fingerprint density at radius 3 is 1.19 bits per heavy atom. The fraction of sp³-hybridized carbons (Fsp3) is 0.828. The second-order valence-electron chi connectivity index (χ2n) is 10.4. The van der Waals surface area contributed by atoms with Gasteiger partial charge in [0, 0.05) is 0 Å². The number of nitrogens with zero attached hydrogens (tertiary/aromatic N) is 1. The van der Waals surface area contributed by atoms with Crippen molar-refractivity contribution in [2.45, 2.75) is 149 Å². The number of carbonyl (C=O) groups is 3. The van der Waals surface area contributed by atoms with E-state index in [9.17, 15) is 29.7 Å². The lowest BCUT2D eigenvalue weighted by Crippen LogP contribution is -2.70.